The fourth-order valence-corrected chi connectivity index (χ4v) is 3.24. The van der Waals surface area contributed by atoms with Crippen molar-refractivity contribution >= 4 is 15.9 Å². The first kappa shape index (κ1) is 18.6. The standard InChI is InChI=1S/C16H26N2O3S/c1-12(2)10-11-17-15(19)13-6-8-14(9-7-13)22(20,21)18-16(3,4)5/h6-9,12,18H,10-11H2,1-5H3,(H,17,19). The van der Waals surface area contributed by atoms with Crippen molar-refractivity contribution < 1.29 is 13.2 Å². The van der Waals surface area contributed by atoms with Crippen LogP contribution in [0.25, 0.3) is 0 Å². The van der Waals surface area contributed by atoms with Crippen molar-refractivity contribution in [3.63, 3.8) is 0 Å². The molecule has 0 bridgehead atoms. The molecule has 124 valence electrons. The summed E-state index contributed by atoms with van der Waals surface area (Å²) in [5.41, 5.74) is -0.0930. The maximum absolute atomic E-state index is 12.2. The smallest absolute Gasteiger partial charge is 0.251 e. The number of rotatable bonds is 6. The number of hydrogen-bond acceptors (Lipinski definition) is 3. The second kappa shape index (κ2) is 7.24. The minimum absolute atomic E-state index is 0.154. The summed E-state index contributed by atoms with van der Waals surface area (Å²) < 4.78 is 26.9. The number of carbonyl (C=O) groups is 1. The van der Waals surface area contributed by atoms with Gasteiger partial charge in [-0.25, -0.2) is 13.1 Å². The lowest BCUT2D eigenvalue weighted by Crippen LogP contribution is -2.40. The molecule has 22 heavy (non-hydrogen) atoms. The highest BCUT2D eigenvalue weighted by molar-refractivity contribution is 7.89. The normalized spacial score (nSPS) is 12.5. The van der Waals surface area contributed by atoms with Gasteiger partial charge in [-0.3, -0.25) is 4.79 Å². The maximum atomic E-state index is 12.2. The molecule has 0 aliphatic carbocycles. The SMILES string of the molecule is CC(C)CCNC(=O)c1ccc(S(=O)(=O)NC(C)(C)C)cc1. The van der Waals surface area contributed by atoms with E-state index >= 15 is 0 Å². The second-order valence-corrected chi connectivity index (χ2v) is 8.50. The van der Waals surface area contributed by atoms with E-state index in [1.807, 2.05) is 0 Å². The molecule has 1 aromatic carbocycles. The number of nitrogens with one attached hydrogen (secondary N) is 2. The van der Waals surface area contributed by atoms with Gasteiger partial charge >= 0.3 is 0 Å². The number of amides is 1. The summed E-state index contributed by atoms with van der Waals surface area (Å²) in [6.45, 7) is 10.1. The lowest BCUT2D eigenvalue weighted by atomic mass is 10.1. The molecular formula is C16H26N2O3S. The van der Waals surface area contributed by atoms with Crippen LogP contribution in [0, 0.1) is 5.92 Å². The van der Waals surface area contributed by atoms with E-state index in [2.05, 4.69) is 23.9 Å². The quantitative estimate of drug-likeness (QED) is 0.843. The van der Waals surface area contributed by atoms with Gasteiger partial charge in [0.1, 0.15) is 0 Å². The van der Waals surface area contributed by atoms with Gasteiger partial charge < -0.3 is 5.32 Å². The molecule has 6 heteroatoms. The highest BCUT2D eigenvalue weighted by Gasteiger charge is 2.22. The fourth-order valence-electron chi connectivity index (χ4n) is 1.82. The third kappa shape index (κ3) is 6.15. The minimum atomic E-state index is -3.57. The molecule has 0 heterocycles. The molecule has 0 aliphatic heterocycles. The topological polar surface area (TPSA) is 75.3 Å². The molecule has 1 aromatic rings. The Morgan fingerprint density at radius 1 is 1.14 bits per heavy atom. The molecule has 0 atom stereocenters. The fraction of sp³-hybridized carbons (Fsp3) is 0.562. The van der Waals surface area contributed by atoms with Gasteiger partial charge in [-0.1, -0.05) is 13.8 Å². The zero-order valence-corrected chi connectivity index (χ0v) is 14.8. The van der Waals surface area contributed by atoms with Gasteiger partial charge in [0.05, 0.1) is 4.90 Å². The van der Waals surface area contributed by atoms with E-state index in [-0.39, 0.29) is 10.8 Å². The van der Waals surface area contributed by atoms with Crippen molar-refractivity contribution in [2.45, 2.75) is 51.5 Å². The summed E-state index contributed by atoms with van der Waals surface area (Å²) in [7, 11) is -3.57. The van der Waals surface area contributed by atoms with Crippen LogP contribution < -0.4 is 10.0 Å². The Morgan fingerprint density at radius 3 is 2.14 bits per heavy atom. The largest absolute Gasteiger partial charge is 0.352 e. The number of benzene rings is 1. The van der Waals surface area contributed by atoms with Crippen LogP contribution in [0.3, 0.4) is 0 Å². The van der Waals surface area contributed by atoms with Crippen LogP contribution in [-0.2, 0) is 10.0 Å². The summed E-state index contributed by atoms with van der Waals surface area (Å²) >= 11 is 0. The van der Waals surface area contributed by atoms with E-state index in [9.17, 15) is 13.2 Å². The Kier molecular flexibility index (Phi) is 6.14. The van der Waals surface area contributed by atoms with Crippen LogP contribution >= 0.6 is 0 Å². The van der Waals surface area contributed by atoms with E-state index in [0.29, 0.717) is 18.0 Å². The second-order valence-electron chi connectivity index (χ2n) is 6.82. The molecule has 0 saturated heterocycles. The first-order chi connectivity index (χ1) is 10.0. The van der Waals surface area contributed by atoms with Gasteiger partial charge in [-0.2, -0.15) is 0 Å². The van der Waals surface area contributed by atoms with Gasteiger partial charge in [0.2, 0.25) is 10.0 Å². The summed E-state index contributed by atoms with van der Waals surface area (Å²) in [6, 6.07) is 5.96. The van der Waals surface area contributed by atoms with Gasteiger partial charge in [0, 0.05) is 17.6 Å². The Bertz CT molecular complexity index is 599. The van der Waals surface area contributed by atoms with Gasteiger partial charge in [0.15, 0.2) is 0 Å². The molecule has 0 saturated carbocycles. The van der Waals surface area contributed by atoms with Crippen LogP contribution in [0.1, 0.15) is 51.4 Å². The summed E-state index contributed by atoms with van der Waals surface area (Å²) in [5.74, 6) is 0.338. The van der Waals surface area contributed by atoms with E-state index < -0.39 is 15.6 Å². The predicted molar refractivity (Wildman–Crippen MR) is 88.3 cm³/mol. The number of hydrogen-bond donors (Lipinski definition) is 2. The average molecular weight is 326 g/mol. The van der Waals surface area contributed by atoms with Crippen LogP contribution in [0.5, 0.6) is 0 Å². The van der Waals surface area contributed by atoms with Crippen LogP contribution in [-0.4, -0.2) is 26.4 Å². The Balaban J connectivity index is 2.76. The molecule has 0 spiro atoms. The molecule has 0 aliphatic rings. The molecule has 1 amide bonds. The molecule has 1 rings (SSSR count). The monoisotopic (exact) mass is 326 g/mol. The van der Waals surface area contributed by atoms with Gasteiger partial charge in [-0.05, 0) is 57.4 Å². The zero-order valence-electron chi connectivity index (χ0n) is 13.9. The average Bonchev–Trinajstić information content (AvgIpc) is 2.35. The number of carbonyl (C=O) groups excluding carboxylic acids is 1. The molecule has 2 N–H and O–H groups in total. The van der Waals surface area contributed by atoms with Crippen molar-refractivity contribution in [1.82, 2.24) is 10.0 Å². The molecule has 0 radical (unpaired) electrons. The van der Waals surface area contributed by atoms with Crippen LogP contribution in [0.4, 0.5) is 0 Å². The van der Waals surface area contributed by atoms with Gasteiger partial charge in [0.25, 0.3) is 5.91 Å². The van der Waals surface area contributed by atoms with Crippen molar-refractivity contribution in [1.29, 1.82) is 0 Å². The van der Waals surface area contributed by atoms with E-state index in [1.165, 1.54) is 24.3 Å². The van der Waals surface area contributed by atoms with Crippen LogP contribution in [0.15, 0.2) is 29.2 Å². The third-order valence-corrected chi connectivity index (χ3v) is 4.65. The lowest BCUT2D eigenvalue weighted by molar-refractivity contribution is 0.0952. The Morgan fingerprint density at radius 2 is 1.68 bits per heavy atom. The van der Waals surface area contributed by atoms with E-state index in [0.717, 1.165) is 6.42 Å². The lowest BCUT2D eigenvalue weighted by Gasteiger charge is -2.20. The Hall–Kier alpha value is -1.40. The van der Waals surface area contributed by atoms with Crippen molar-refractivity contribution in [2.75, 3.05) is 6.54 Å². The highest BCUT2D eigenvalue weighted by atomic mass is 32.2. The van der Waals surface area contributed by atoms with E-state index in [4.69, 9.17) is 0 Å². The van der Waals surface area contributed by atoms with Crippen molar-refractivity contribution in [3.05, 3.63) is 29.8 Å². The first-order valence-electron chi connectivity index (χ1n) is 7.43. The van der Waals surface area contributed by atoms with Crippen LogP contribution in [0.2, 0.25) is 0 Å². The predicted octanol–water partition coefficient (Wildman–Crippen LogP) is 2.54. The number of sulfonamides is 1. The first-order valence-corrected chi connectivity index (χ1v) is 8.92. The van der Waals surface area contributed by atoms with E-state index in [1.54, 1.807) is 20.8 Å². The minimum Gasteiger partial charge on any atom is -0.352 e. The summed E-state index contributed by atoms with van der Waals surface area (Å²) in [6.07, 6.45) is 0.910. The molecule has 0 aromatic heterocycles. The summed E-state index contributed by atoms with van der Waals surface area (Å²) in [5, 5.41) is 2.82. The molecule has 5 nitrogen and oxygen atoms in total. The molecule has 0 unspecified atom stereocenters. The molecule has 0 fully saturated rings. The third-order valence-electron chi connectivity index (χ3n) is 2.87. The van der Waals surface area contributed by atoms with Crippen molar-refractivity contribution in [3.8, 4) is 0 Å². The Labute approximate surface area is 133 Å². The maximum Gasteiger partial charge on any atom is 0.251 e. The zero-order chi connectivity index (χ0) is 17.0. The highest BCUT2D eigenvalue weighted by Crippen LogP contribution is 2.14. The van der Waals surface area contributed by atoms with Crippen molar-refractivity contribution in [2.24, 2.45) is 5.92 Å². The van der Waals surface area contributed by atoms with Gasteiger partial charge in [-0.15, -0.1) is 0 Å². The summed E-state index contributed by atoms with van der Waals surface area (Å²) in [4.78, 5) is 12.1. The molecular weight excluding hydrogens is 300 g/mol.